The Morgan fingerprint density at radius 1 is 1.73 bits per heavy atom. The molecule has 1 rings (SSSR count). The topological polar surface area (TPSA) is 63.3 Å². The number of hydrazine groups is 1. The molecule has 0 unspecified atom stereocenters. The Hall–Kier alpha value is -1.42. The SMILES string of the molecule is CN=C(NN)c1cccnc1. The van der Waals surface area contributed by atoms with Crippen molar-refractivity contribution < 1.29 is 0 Å². The van der Waals surface area contributed by atoms with E-state index < -0.39 is 0 Å². The van der Waals surface area contributed by atoms with E-state index in [-0.39, 0.29) is 0 Å². The molecule has 0 fully saturated rings. The molecule has 4 heteroatoms. The third-order valence-corrected chi connectivity index (χ3v) is 1.30. The highest BCUT2D eigenvalue weighted by Crippen LogP contribution is 1.94. The van der Waals surface area contributed by atoms with Crippen LogP contribution in [0.25, 0.3) is 0 Å². The van der Waals surface area contributed by atoms with E-state index in [1.54, 1.807) is 19.4 Å². The van der Waals surface area contributed by atoms with Crippen molar-refractivity contribution in [3.63, 3.8) is 0 Å². The van der Waals surface area contributed by atoms with Crippen LogP contribution in [0.1, 0.15) is 5.56 Å². The Bertz CT molecular complexity index is 242. The van der Waals surface area contributed by atoms with Crippen LogP contribution in [0, 0.1) is 0 Å². The van der Waals surface area contributed by atoms with Gasteiger partial charge < -0.3 is 5.43 Å². The quantitative estimate of drug-likeness (QED) is 0.255. The summed E-state index contributed by atoms with van der Waals surface area (Å²) in [5.74, 6) is 5.84. The lowest BCUT2D eigenvalue weighted by Gasteiger charge is -2.01. The van der Waals surface area contributed by atoms with Crippen molar-refractivity contribution in [2.24, 2.45) is 10.8 Å². The van der Waals surface area contributed by atoms with E-state index in [4.69, 9.17) is 5.84 Å². The fourth-order valence-electron chi connectivity index (χ4n) is 0.780. The molecule has 0 aliphatic heterocycles. The summed E-state index contributed by atoms with van der Waals surface area (Å²) in [4.78, 5) is 7.84. The van der Waals surface area contributed by atoms with Gasteiger partial charge in [0, 0.05) is 25.0 Å². The van der Waals surface area contributed by atoms with Crippen molar-refractivity contribution in [2.75, 3.05) is 7.05 Å². The smallest absolute Gasteiger partial charge is 0.143 e. The van der Waals surface area contributed by atoms with E-state index in [9.17, 15) is 0 Å². The van der Waals surface area contributed by atoms with Gasteiger partial charge in [-0.05, 0) is 12.1 Å². The van der Waals surface area contributed by atoms with Crippen molar-refractivity contribution >= 4 is 5.84 Å². The fraction of sp³-hybridized carbons (Fsp3) is 0.143. The van der Waals surface area contributed by atoms with Crippen molar-refractivity contribution in [2.45, 2.75) is 0 Å². The predicted molar refractivity (Wildman–Crippen MR) is 44.0 cm³/mol. The molecule has 0 aliphatic carbocycles. The minimum atomic E-state index is 0.637. The van der Waals surface area contributed by atoms with Crippen LogP contribution >= 0.6 is 0 Å². The van der Waals surface area contributed by atoms with Crippen molar-refractivity contribution in [3.8, 4) is 0 Å². The average molecular weight is 150 g/mol. The van der Waals surface area contributed by atoms with Gasteiger partial charge >= 0.3 is 0 Å². The van der Waals surface area contributed by atoms with Gasteiger partial charge in [0.15, 0.2) is 0 Å². The number of pyridine rings is 1. The second-order valence-electron chi connectivity index (χ2n) is 1.96. The van der Waals surface area contributed by atoms with E-state index in [0.717, 1.165) is 5.56 Å². The predicted octanol–water partition coefficient (Wildman–Crippen LogP) is -0.0787. The third kappa shape index (κ3) is 1.75. The van der Waals surface area contributed by atoms with E-state index in [0.29, 0.717) is 5.84 Å². The number of nitrogens with two attached hydrogens (primary N) is 1. The highest BCUT2D eigenvalue weighted by atomic mass is 15.2. The molecule has 0 saturated heterocycles. The number of rotatable bonds is 1. The van der Waals surface area contributed by atoms with Gasteiger partial charge in [-0.3, -0.25) is 9.98 Å². The van der Waals surface area contributed by atoms with Crippen LogP contribution in [0.2, 0.25) is 0 Å². The molecular weight excluding hydrogens is 140 g/mol. The summed E-state index contributed by atoms with van der Waals surface area (Å²) in [6.45, 7) is 0. The minimum absolute atomic E-state index is 0.637. The van der Waals surface area contributed by atoms with Gasteiger partial charge in [-0.25, -0.2) is 5.84 Å². The molecule has 11 heavy (non-hydrogen) atoms. The molecule has 0 aromatic carbocycles. The average Bonchev–Trinajstić information content (AvgIpc) is 2.09. The first-order valence-corrected chi connectivity index (χ1v) is 3.22. The molecule has 0 saturated carbocycles. The summed E-state index contributed by atoms with van der Waals surface area (Å²) in [6.07, 6.45) is 3.40. The molecule has 1 heterocycles. The highest BCUT2D eigenvalue weighted by molar-refractivity contribution is 5.97. The Balaban J connectivity index is 2.92. The van der Waals surface area contributed by atoms with Crippen LogP contribution in [0.15, 0.2) is 29.5 Å². The van der Waals surface area contributed by atoms with E-state index in [2.05, 4.69) is 15.4 Å². The Morgan fingerprint density at radius 3 is 3.00 bits per heavy atom. The number of hydrogen-bond acceptors (Lipinski definition) is 3. The zero-order valence-electron chi connectivity index (χ0n) is 6.28. The maximum atomic E-state index is 5.21. The lowest BCUT2D eigenvalue weighted by Crippen LogP contribution is -2.30. The zero-order valence-corrected chi connectivity index (χ0v) is 6.28. The molecule has 0 radical (unpaired) electrons. The van der Waals surface area contributed by atoms with Crippen LogP contribution < -0.4 is 11.3 Å². The van der Waals surface area contributed by atoms with Crippen molar-refractivity contribution in [3.05, 3.63) is 30.1 Å². The van der Waals surface area contributed by atoms with Gasteiger partial charge in [0.2, 0.25) is 0 Å². The molecule has 1 aromatic heterocycles. The number of nitrogens with one attached hydrogen (secondary N) is 1. The van der Waals surface area contributed by atoms with Gasteiger partial charge in [0.25, 0.3) is 0 Å². The van der Waals surface area contributed by atoms with Gasteiger partial charge in [-0.1, -0.05) is 0 Å². The second kappa shape index (κ2) is 3.68. The van der Waals surface area contributed by atoms with E-state index in [1.807, 2.05) is 12.1 Å². The number of aliphatic imine (C=N–C) groups is 1. The number of aromatic nitrogens is 1. The first kappa shape index (κ1) is 7.68. The molecule has 0 spiro atoms. The van der Waals surface area contributed by atoms with Gasteiger partial charge in [-0.2, -0.15) is 0 Å². The third-order valence-electron chi connectivity index (χ3n) is 1.30. The van der Waals surface area contributed by atoms with Crippen LogP contribution in [0.3, 0.4) is 0 Å². The normalized spacial score (nSPS) is 11.3. The standard InChI is InChI=1S/C7H10N4/c1-9-7(11-8)6-3-2-4-10-5-6/h2-5H,8H2,1H3,(H,9,11). The lowest BCUT2D eigenvalue weighted by molar-refractivity contribution is 1.02. The number of amidine groups is 1. The van der Waals surface area contributed by atoms with Gasteiger partial charge in [0.05, 0.1) is 0 Å². The summed E-state index contributed by atoms with van der Waals surface area (Å²) in [5.41, 5.74) is 3.36. The van der Waals surface area contributed by atoms with E-state index >= 15 is 0 Å². The maximum Gasteiger partial charge on any atom is 0.143 e. The van der Waals surface area contributed by atoms with Gasteiger partial charge in [-0.15, -0.1) is 0 Å². The molecule has 0 bridgehead atoms. The molecule has 0 atom stereocenters. The molecule has 58 valence electrons. The van der Waals surface area contributed by atoms with Gasteiger partial charge in [0.1, 0.15) is 5.84 Å². The maximum absolute atomic E-state index is 5.21. The first-order chi connectivity index (χ1) is 5.38. The number of hydrogen-bond donors (Lipinski definition) is 2. The Labute approximate surface area is 65.1 Å². The molecule has 4 nitrogen and oxygen atoms in total. The Morgan fingerprint density at radius 2 is 2.55 bits per heavy atom. The minimum Gasteiger partial charge on any atom is -0.308 e. The summed E-state index contributed by atoms with van der Waals surface area (Å²) in [5, 5.41) is 0. The summed E-state index contributed by atoms with van der Waals surface area (Å²) in [7, 11) is 1.67. The van der Waals surface area contributed by atoms with Crippen LogP contribution in [0.5, 0.6) is 0 Å². The fourth-order valence-corrected chi connectivity index (χ4v) is 0.780. The largest absolute Gasteiger partial charge is 0.308 e. The molecule has 1 aromatic rings. The molecular formula is C7H10N4. The first-order valence-electron chi connectivity index (χ1n) is 3.22. The summed E-state index contributed by atoms with van der Waals surface area (Å²) < 4.78 is 0. The van der Waals surface area contributed by atoms with Crippen molar-refractivity contribution in [1.29, 1.82) is 0 Å². The van der Waals surface area contributed by atoms with E-state index in [1.165, 1.54) is 0 Å². The summed E-state index contributed by atoms with van der Waals surface area (Å²) >= 11 is 0. The molecule has 3 N–H and O–H groups in total. The Kier molecular flexibility index (Phi) is 2.57. The molecule has 0 aliphatic rings. The summed E-state index contributed by atoms with van der Waals surface area (Å²) in [6, 6.07) is 3.72. The van der Waals surface area contributed by atoms with Crippen LogP contribution in [0.4, 0.5) is 0 Å². The zero-order chi connectivity index (χ0) is 8.10. The van der Waals surface area contributed by atoms with Crippen LogP contribution in [-0.2, 0) is 0 Å². The van der Waals surface area contributed by atoms with Crippen LogP contribution in [-0.4, -0.2) is 17.9 Å². The molecule has 0 amide bonds. The second-order valence-corrected chi connectivity index (χ2v) is 1.96. The van der Waals surface area contributed by atoms with Crippen molar-refractivity contribution in [1.82, 2.24) is 10.4 Å². The highest BCUT2D eigenvalue weighted by Gasteiger charge is 1.96. The monoisotopic (exact) mass is 150 g/mol. The lowest BCUT2D eigenvalue weighted by atomic mass is 10.3. The number of nitrogens with zero attached hydrogens (tertiary/aromatic N) is 2.